The molecule has 1 aromatic carbocycles. The molecular weight excluding hydrogens is 264 g/mol. The van der Waals surface area contributed by atoms with E-state index >= 15 is 0 Å². The first-order valence-corrected chi connectivity index (χ1v) is 7.70. The number of hydrogen-bond acceptors (Lipinski definition) is 3. The van der Waals surface area contributed by atoms with E-state index in [1.54, 1.807) is 6.07 Å². The first-order chi connectivity index (χ1) is 9.89. The quantitative estimate of drug-likeness (QED) is 0.589. The maximum atomic E-state index is 12.1. The molecule has 3 heteroatoms. The number of rotatable bonds is 3. The van der Waals surface area contributed by atoms with Crippen LogP contribution >= 0.6 is 0 Å². The van der Waals surface area contributed by atoms with Crippen molar-refractivity contribution >= 4 is 5.97 Å². The Labute approximate surface area is 127 Å². The van der Waals surface area contributed by atoms with Gasteiger partial charge in [-0.1, -0.05) is 51.8 Å². The van der Waals surface area contributed by atoms with Gasteiger partial charge in [-0.05, 0) is 36.8 Å². The van der Waals surface area contributed by atoms with Crippen molar-refractivity contribution in [3.8, 4) is 0 Å². The van der Waals surface area contributed by atoms with Crippen LogP contribution in [0, 0.1) is 24.4 Å². The molecule has 1 unspecified atom stereocenters. The van der Waals surface area contributed by atoms with Gasteiger partial charge in [0.25, 0.3) is 0 Å². The number of carbonyl (C=O) groups excluding carboxylic acids is 1. The molecule has 2 rings (SSSR count). The van der Waals surface area contributed by atoms with Crippen LogP contribution in [0.25, 0.3) is 0 Å². The molecule has 0 saturated heterocycles. The second-order valence-electron chi connectivity index (χ2n) is 6.90. The highest BCUT2D eigenvalue weighted by atomic mass is 17.2. The van der Waals surface area contributed by atoms with Gasteiger partial charge in [0.2, 0.25) is 0 Å². The molecule has 1 saturated carbocycles. The SMILES string of the molecule is Cc1ccccc1C(=O)OO[C]1CCCCC1C(C)(C)C. The van der Waals surface area contributed by atoms with Crippen LogP contribution in [0.3, 0.4) is 0 Å². The van der Waals surface area contributed by atoms with Crippen molar-refractivity contribution in [2.75, 3.05) is 0 Å². The van der Waals surface area contributed by atoms with E-state index in [2.05, 4.69) is 20.8 Å². The summed E-state index contributed by atoms with van der Waals surface area (Å²) in [5, 5.41) is 0. The van der Waals surface area contributed by atoms with Crippen molar-refractivity contribution in [3.05, 3.63) is 41.5 Å². The van der Waals surface area contributed by atoms with Gasteiger partial charge in [-0.15, -0.1) is 0 Å². The Bertz CT molecular complexity index is 487. The monoisotopic (exact) mass is 289 g/mol. The van der Waals surface area contributed by atoms with E-state index in [0.29, 0.717) is 11.5 Å². The van der Waals surface area contributed by atoms with E-state index < -0.39 is 5.97 Å². The summed E-state index contributed by atoms with van der Waals surface area (Å²) in [6, 6.07) is 7.38. The van der Waals surface area contributed by atoms with Crippen molar-refractivity contribution in [2.24, 2.45) is 11.3 Å². The minimum atomic E-state index is -0.418. The lowest BCUT2D eigenvalue weighted by molar-refractivity contribution is -0.252. The second kappa shape index (κ2) is 6.61. The van der Waals surface area contributed by atoms with Gasteiger partial charge >= 0.3 is 5.97 Å². The maximum absolute atomic E-state index is 12.1. The van der Waals surface area contributed by atoms with Gasteiger partial charge in [0.1, 0.15) is 0 Å². The first kappa shape index (κ1) is 16.0. The van der Waals surface area contributed by atoms with Gasteiger partial charge in [0.05, 0.1) is 5.56 Å². The van der Waals surface area contributed by atoms with E-state index in [4.69, 9.17) is 9.78 Å². The summed E-state index contributed by atoms with van der Waals surface area (Å²) in [6.07, 6.45) is 5.20. The van der Waals surface area contributed by atoms with Crippen molar-refractivity contribution < 1.29 is 14.6 Å². The molecule has 3 nitrogen and oxygen atoms in total. The Kier molecular flexibility index (Phi) is 5.04. The Balaban J connectivity index is 1.98. The zero-order chi connectivity index (χ0) is 15.5. The Morgan fingerprint density at radius 1 is 1.19 bits per heavy atom. The second-order valence-corrected chi connectivity index (χ2v) is 6.90. The van der Waals surface area contributed by atoms with Gasteiger partial charge in [-0.25, -0.2) is 4.79 Å². The third-order valence-electron chi connectivity index (χ3n) is 4.19. The molecule has 0 aliphatic heterocycles. The molecule has 0 aromatic heterocycles. The summed E-state index contributed by atoms with van der Waals surface area (Å²) in [5.41, 5.74) is 1.58. The van der Waals surface area contributed by atoms with Gasteiger partial charge in [-0.3, -0.25) is 4.89 Å². The van der Waals surface area contributed by atoms with Crippen LogP contribution in [0.4, 0.5) is 0 Å². The van der Waals surface area contributed by atoms with Crippen LogP contribution in [0.15, 0.2) is 24.3 Å². The standard InChI is InChI=1S/C18H25O3/c1-13-9-5-6-10-14(13)17(19)21-20-16-12-8-7-11-15(16)18(2,3)4/h5-6,9-10,15H,7-8,11-12H2,1-4H3. The maximum Gasteiger partial charge on any atom is 0.373 e. The third-order valence-corrected chi connectivity index (χ3v) is 4.19. The fourth-order valence-electron chi connectivity index (χ4n) is 2.94. The fourth-order valence-corrected chi connectivity index (χ4v) is 2.94. The van der Waals surface area contributed by atoms with E-state index in [0.717, 1.165) is 30.9 Å². The number of hydrogen-bond donors (Lipinski definition) is 0. The smallest absolute Gasteiger partial charge is 0.292 e. The summed E-state index contributed by atoms with van der Waals surface area (Å²) in [4.78, 5) is 22.7. The molecule has 0 spiro atoms. The number of carbonyl (C=O) groups is 1. The Morgan fingerprint density at radius 3 is 2.57 bits per heavy atom. The zero-order valence-electron chi connectivity index (χ0n) is 13.4. The van der Waals surface area contributed by atoms with Crippen molar-refractivity contribution in [1.82, 2.24) is 0 Å². The zero-order valence-corrected chi connectivity index (χ0v) is 13.4. The highest BCUT2D eigenvalue weighted by Crippen LogP contribution is 2.43. The van der Waals surface area contributed by atoms with Gasteiger partial charge in [-0.2, -0.15) is 4.89 Å². The van der Waals surface area contributed by atoms with Crippen LogP contribution < -0.4 is 0 Å². The lowest BCUT2D eigenvalue weighted by atomic mass is 9.71. The van der Waals surface area contributed by atoms with Crippen molar-refractivity contribution in [2.45, 2.75) is 53.4 Å². The van der Waals surface area contributed by atoms with Crippen LogP contribution in [0.5, 0.6) is 0 Å². The van der Waals surface area contributed by atoms with E-state index in [9.17, 15) is 4.79 Å². The van der Waals surface area contributed by atoms with E-state index in [1.165, 1.54) is 6.42 Å². The average Bonchev–Trinajstić information content (AvgIpc) is 2.44. The van der Waals surface area contributed by atoms with Crippen LogP contribution in [0.1, 0.15) is 62.4 Å². The number of aryl methyl sites for hydroxylation is 1. The molecule has 21 heavy (non-hydrogen) atoms. The van der Waals surface area contributed by atoms with Crippen molar-refractivity contribution in [3.63, 3.8) is 0 Å². The predicted octanol–water partition coefficient (Wildman–Crippen LogP) is 4.85. The summed E-state index contributed by atoms with van der Waals surface area (Å²) in [7, 11) is 0. The highest BCUT2D eigenvalue weighted by Gasteiger charge is 2.37. The van der Waals surface area contributed by atoms with Crippen LogP contribution in [0.2, 0.25) is 0 Å². The molecule has 0 heterocycles. The molecule has 1 aliphatic rings. The van der Waals surface area contributed by atoms with E-state index in [1.807, 2.05) is 25.1 Å². The summed E-state index contributed by atoms with van der Waals surface area (Å²) in [5.74, 6) is -0.0743. The molecule has 1 atom stereocenters. The van der Waals surface area contributed by atoms with Gasteiger partial charge in [0.15, 0.2) is 6.10 Å². The highest BCUT2D eigenvalue weighted by molar-refractivity contribution is 5.90. The Hall–Kier alpha value is -1.35. The molecule has 0 N–H and O–H groups in total. The molecule has 1 radical (unpaired) electrons. The molecule has 0 bridgehead atoms. The topological polar surface area (TPSA) is 35.5 Å². The molecule has 1 fully saturated rings. The first-order valence-electron chi connectivity index (χ1n) is 7.70. The van der Waals surface area contributed by atoms with Crippen LogP contribution in [-0.2, 0) is 9.78 Å². The normalized spacial score (nSPS) is 20.3. The predicted molar refractivity (Wildman–Crippen MR) is 82.3 cm³/mol. The minimum absolute atomic E-state index is 0.130. The summed E-state index contributed by atoms with van der Waals surface area (Å²) >= 11 is 0. The molecular formula is C18H25O3. The summed E-state index contributed by atoms with van der Waals surface area (Å²) < 4.78 is 0. The van der Waals surface area contributed by atoms with Gasteiger partial charge < -0.3 is 0 Å². The largest absolute Gasteiger partial charge is 0.373 e. The van der Waals surface area contributed by atoms with E-state index in [-0.39, 0.29) is 5.41 Å². The molecule has 0 amide bonds. The average molecular weight is 289 g/mol. The third kappa shape index (κ3) is 4.07. The fraction of sp³-hybridized carbons (Fsp3) is 0.556. The lowest BCUT2D eigenvalue weighted by Crippen LogP contribution is -2.31. The number of benzene rings is 1. The van der Waals surface area contributed by atoms with Gasteiger partial charge in [0, 0.05) is 5.92 Å². The lowest BCUT2D eigenvalue weighted by Gasteiger charge is -2.37. The minimum Gasteiger partial charge on any atom is -0.292 e. The summed E-state index contributed by atoms with van der Waals surface area (Å²) in [6.45, 7) is 8.50. The Morgan fingerprint density at radius 2 is 1.90 bits per heavy atom. The molecule has 115 valence electrons. The molecule has 1 aromatic rings. The van der Waals surface area contributed by atoms with Crippen LogP contribution in [-0.4, -0.2) is 5.97 Å². The molecule has 1 aliphatic carbocycles. The van der Waals surface area contributed by atoms with Crippen molar-refractivity contribution in [1.29, 1.82) is 0 Å².